The molecule has 0 aliphatic carbocycles. The van der Waals surface area contributed by atoms with Gasteiger partial charge in [-0.2, -0.15) is 0 Å². The molecule has 0 spiro atoms. The van der Waals surface area contributed by atoms with Crippen LogP contribution in [-0.2, 0) is 0 Å². The highest BCUT2D eigenvalue weighted by molar-refractivity contribution is 6.09. The molecule has 1 aliphatic heterocycles. The topological polar surface area (TPSA) is 24.1 Å². The van der Waals surface area contributed by atoms with Crippen LogP contribution in [0.3, 0.4) is 0 Å². The van der Waals surface area contributed by atoms with E-state index in [1.165, 1.54) is 27.1 Å². The molecule has 1 saturated heterocycles. The van der Waals surface area contributed by atoms with Crippen LogP contribution in [-0.4, -0.2) is 19.6 Å². The average Bonchev–Trinajstić information content (AvgIpc) is 2.55. The fraction of sp³-hybridized carbons (Fsp3) is 0.222. The van der Waals surface area contributed by atoms with Crippen LogP contribution >= 0.6 is 12.4 Å². The van der Waals surface area contributed by atoms with Gasteiger partial charge in [0.25, 0.3) is 0 Å². The van der Waals surface area contributed by atoms with Gasteiger partial charge in [-0.1, -0.05) is 48.5 Å². The molecule has 1 heterocycles. The van der Waals surface area contributed by atoms with Crippen LogP contribution in [0.25, 0.3) is 21.5 Å². The van der Waals surface area contributed by atoms with E-state index in [1.54, 1.807) is 0 Å². The zero-order chi connectivity index (χ0) is 13.4. The predicted octanol–water partition coefficient (Wildman–Crippen LogP) is 3.65. The summed E-state index contributed by atoms with van der Waals surface area (Å²) >= 11 is 0. The largest absolute Gasteiger partial charge is 0.314 e. The van der Waals surface area contributed by atoms with Crippen LogP contribution in [0.5, 0.6) is 0 Å². The van der Waals surface area contributed by atoms with Gasteiger partial charge < -0.3 is 10.6 Å². The Labute approximate surface area is 131 Å². The molecule has 0 aromatic heterocycles. The van der Waals surface area contributed by atoms with Gasteiger partial charge in [0.1, 0.15) is 0 Å². The van der Waals surface area contributed by atoms with E-state index < -0.39 is 0 Å². The smallest absolute Gasteiger partial charge is 0.0453 e. The van der Waals surface area contributed by atoms with E-state index in [2.05, 4.69) is 65.2 Å². The second-order valence-corrected chi connectivity index (χ2v) is 5.44. The Kier molecular flexibility index (Phi) is 4.11. The lowest BCUT2D eigenvalue weighted by atomic mass is 9.93. The third-order valence-corrected chi connectivity index (χ3v) is 4.22. The molecule has 0 saturated carbocycles. The Hall–Kier alpha value is -1.61. The zero-order valence-corrected chi connectivity index (χ0v) is 12.6. The summed E-state index contributed by atoms with van der Waals surface area (Å²) in [5, 5.41) is 12.5. The quantitative estimate of drug-likeness (QED) is 0.670. The second kappa shape index (κ2) is 6.02. The molecule has 0 amide bonds. The SMILES string of the molecule is Cl.c1ccc2c(c1)cc([C@H]1CNCCN1)c1ccccc12. The average molecular weight is 299 g/mol. The van der Waals surface area contributed by atoms with Gasteiger partial charge in [0.05, 0.1) is 0 Å². The monoisotopic (exact) mass is 298 g/mol. The molecule has 0 unspecified atom stereocenters. The van der Waals surface area contributed by atoms with Crippen molar-refractivity contribution in [3.8, 4) is 0 Å². The van der Waals surface area contributed by atoms with Crippen LogP contribution in [0.15, 0.2) is 54.6 Å². The van der Waals surface area contributed by atoms with Crippen molar-refractivity contribution < 1.29 is 0 Å². The Morgan fingerprint density at radius 3 is 2.29 bits per heavy atom. The highest BCUT2D eigenvalue weighted by atomic mass is 35.5. The van der Waals surface area contributed by atoms with Gasteiger partial charge in [-0.3, -0.25) is 0 Å². The van der Waals surface area contributed by atoms with E-state index in [4.69, 9.17) is 0 Å². The first-order valence-corrected chi connectivity index (χ1v) is 7.28. The molecule has 3 aromatic rings. The lowest BCUT2D eigenvalue weighted by molar-refractivity contribution is 0.432. The van der Waals surface area contributed by atoms with Gasteiger partial charge in [-0.25, -0.2) is 0 Å². The number of hydrogen-bond acceptors (Lipinski definition) is 2. The highest BCUT2D eigenvalue weighted by Crippen LogP contribution is 2.32. The van der Waals surface area contributed by atoms with Crippen molar-refractivity contribution in [2.45, 2.75) is 6.04 Å². The molecule has 4 rings (SSSR count). The zero-order valence-electron chi connectivity index (χ0n) is 11.8. The first-order chi connectivity index (χ1) is 9.93. The van der Waals surface area contributed by atoms with Gasteiger partial charge in [0.15, 0.2) is 0 Å². The molecule has 0 bridgehead atoms. The Balaban J connectivity index is 0.00000132. The van der Waals surface area contributed by atoms with E-state index in [1.807, 2.05) is 0 Å². The number of halogens is 1. The Bertz CT molecular complexity index is 763. The summed E-state index contributed by atoms with van der Waals surface area (Å²) in [5.41, 5.74) is 1.41. The third kappa shape index (κ3) is 2.51. The summed E-state index contributed by atoms with van der Waals surface area (Å²) in [5.74, 6) is 0. The molecule has 108 valence electrons. The lowest BCUT2D eigenvalue weighted by Crippen LogP contribution is -2.42. The number of nitrogens with one attached hydrogen (secondary N) is 2. The normalized spacial score (nSPS) is 18.6. The van der Waals surface area contributed by atoms with E-state index in [9.17, 15) is 0 Å². The minimum absolute atomic E-state index is 0. The van der Waals surface area contributed by atoms with Crippen molar-refractivity contribution in [1.82, 2.24) is 10.6 Å². The van der Waals surface area contributed by atoms with E-state index >= 15 is 0 Å². The second-order valence-electron chi connectivity index (χ2n) is 5.44. The van der Waals surface area contributed by atoms with Gasteiger partial charge in [0.2, 0.25) is 0 Å². The van der Waals surface area contributed by atoms with Crippen LogP contribution in [0.1, 0.15) is 11.6 Å². The minimum Gasteiger partial charge on any atom is -0.314 e. The van der Waals surface area contributed by atoms with Crippen molar-refractivity contribution in [3.05, 3.63) is 60.2 Å². The number of piperazine rings is 1. The van der Waals surface area contributed by atoms with Gasteiger partial charge >= 0.3 is 0 Å². The summed E-state index contributed by atoms with van der Waals surface area (Å²) in [6.07, 6.45) is 0. The summed E-state index contributed by atoms with van der Waals surface area (Å²) in [6.45, 7) is 3.09. The van der Waals surface area contributed by atoms with Crippen LogP contribution in [0.2, 0.25) is 0 Å². The standard InChI is InChI=1S/C18H18N2.ClH/c1-2-6-14-13(5-1)11-17(18-12-19-9-10-20-18)16-8-4-3-7-15(14)16;/h1-8,11,18-20H,9-10,12H2;1H/t18-;/m1./s1. The highest BCUT2D eigenvalue weighted by Gasteiger charge is 2.17. The van der Waals surface area contributed by atoms with Gasteiger partial charge in [-0.15, -0.1) is 12.4 Å². The number of rotatable bonds is 1. The molecule has 1 fully saturated rings. The van der Waals surface area contributed by atoms with E-state index in [0.717, 1.165) is 19.6 Å². The van der Waals surface area contributed by atoms with Crippen molar-refractivity contribution >= 4 is 34.0 Å². The van der Waals surface area contributed by atoms with E-state index in [-0.39, 0.29) is 12.4 Å². The summed E-state index contributed by atoms with van der Waals surface area (Å²) in [6, 6.07) is 20.2. The van der Waals surface area contributed by atoms with Crippen LogP contribution < -0.4 is 10.6 Å². The van der Waals surface area contributed by atoms with Gasteiger partial charge in [0, 0.05) is 25.7 Å². The van der Waals surface area contributed by atoms with Crippen LogP contribution in [0.4, 0.5) is 0 Å². The maximum atomic E-state index is 3.63. The molecule has 1 aliphatic rings. The lowest BCUT2D eigenvalue weighted by Gasteiger charge is -2.26. The van der Waals surface area contributed by atoms with Gasteiger partial charge in [-0.05, 0) is 33.2 Å². The maximum Gasteiger partial charge on any atom is 0.0453 e. The Morgan fingerprint density at radius 1 is 0.810 bits per heavy atom. The molecule has 1 atom stereocenters. The van der Waals surface area contributed by atoms with Crippen molar-refractivity contribution in [1.29, 1.82) is 0 Å². The number of benzene rings is 3. The van der Waals surface area contributed by atoms with Crippen molar-refractivity contribution in [3.63, 3.8) is 0 Å². The molecule has 2 N–H and O–H groups in total. The molecule has 21 heavy (non-hydrogen) atoms. The summed E-state index contributed by atoms with van der Waals surface area (Å²) in [7, 11) is 0. The number of fused-ring (bicyclic) bond motifs is 3. The fourth-order valence-corrected chi connectivity index (χ4v) is 3.24. The minimum atomic E-state index is 0. The maximum absolute atomic E-state index is 3.63. The molecule has 2 nitrogen and oxygen atoms in total. The molecular weight excluding hydrogens is 280 g/mol. The molecular formula is C18H19ClN2. The van der Waals surface area contributed by atoms with Crippen molar-refractivity contribution in [2.24, 2.45) is 0 Å². The number of hydrogen-bond donors (Lipinski definition) is 2. The summed E-state index contributed by atoms with van der Waals surface area (Å²) in [4.78, 5) is 0. The first kappa shape index (κ1) is 14.3. The first-order valence-electron chi connectivity index (χ1n) is 7.28. The summed E-state index contributed by atoms with van der Waals surface area (Å²) < 4.78 is 0. The Morgan fingerprint density at radius 2 is 1.52 bits per heavy atom. The fourth-order valence-electron chi connectivity index (χ4n) is 3.24. The molecule has 3 heteroatoms. The third-order valence-electron chi connectivity index (χ3n) is 4.22. The molecule has 3 aromatic carbocycles. The molecule has 0 radical (unpaired) electrons. The van der Waals surface area contributed by atoms with E-state index in [0.29, 0.717) is 6.04 Å². The van der Waals surface area contributed by atoms with Crippen molar-refractivity contribution in [2.75, 3.05) is 19.6 Å². The van der Waals surface area contributed by atoms with Crippen LogP contribution in [0, 0.1) is 0 Å². The predicted molar refractivity (Wildman–Crippen MR) is 92.3 cm³/mol.